The maximum Gasteiger partial charge on any atom is 0.0587 e. The number of methoxy groups -OCH3 is 1. The average Bonchev–Trinajstić information content (AvgIpc) is 2.40. The Morgan fingerprint density at radius 1 is 1.17 bits per heavy atom. The van der Waals surface area contributed by atoms with E-state index in [1.54, 1.807) is 7.11 Å². The molecule has 1 heterocycles. The minimum atomic E-state index is 0.623. The number of rotatable bonds is 9. The Bertz CT molecular complexity index is 201. The molecule has 1 saturated heterocycles. The van der Waals surface area contributed by atoms with Crippen LogP contribution in [0.1, 0.15) is 46.0 Å². The number of likely N-dealkylation sites (tertiary alicyclic amines) is 1. The quantitative estimate of drug-likeness (QED) is 0.642. The van der Waals surface area contributed by atoms with Gasteiger partial charge in [-0.15, -0.1) is 0 Å². The van der Waals surface area contributed by atoms with Crippen molar-refractivity contribution in [3.05, 3.63) is 0 Å². The lowest BCUT2D eigenvalue weighted by Crippen LogP contribution is -2.39. The molecular formula is C15H32N2O. The molecule has 1 aliphatic rings. The molecule has 1 aliphatic heterocycles. The molecule has 0 saturated carbocycles. The van der Waals surface area contributed by atoms with Crippen molar-refractivity contribution in [3.8, 4) is 0 Å². The standard InChI is InChI=1S/C15H32N2O/c1-4-15(2)7-12-17(13-8-15)11-6-5-9-16-10-14-18-3/h16H,4-14H2,1-3H3. The summed E-state index contributed by atoms with van der Waals surface area (Å²) in [5, 5.41) is 3.40. The number of ether oxygens (including phenoxy) is 1. The van der Waals surface area contributed by atoms with Crippen LogP contribution in [0.25, 0.3) is 0 Å². The largest absolute Gasteiger partial charge is 0.383 e. The average molecular weight is 256 g/mol. The van der Waals surface area contributed by atoms with E-state index in [1.807, 2.05) is 0 Å². The Morgan fingerprint density at radius 2 is 1.89 bits per heavy atom. The fourth-order valence-corrected chi connectivity index (χ4v) is 2.55. The normalized spacial score (nSPS) is 20.2. The van der Waals surface area contributed by atoms with Gasteiger partial charge in [0.15, 0.2) is 0 Å². The number of nitrogens with zero attached hydrogens (tertiary/aromatic N) is 1. The monoisotopic (exact) mass is 256 g/mol. The van der Waals surface area contributed by atoms with Gasteiger partial charge in [-0.25, -0.2) is 0 Å². The Kier molecular flexibility index (Phi) is 7.87. The molecule has 0 aliphatic carbocycles. The van der Waals surface area contributed by atoms with Gasteiger partial charge in [-0.05, 0) is 57.3 Å². The van der Waals surface area contributed by atoms with Crippen LogP contribution in [-0.2, 0) is 4.74 Å². The van der Waals surface area contributed by atoms with Gasteiger partial charge in [0.25, 0.3) is 0 Å². The van der Waals surface area contributed by atoms with Gasteiger partial charge in [-0.3, -0.25) is 0 Å². The van der Waals surface area contributed by atoms with Crippen LogP contribution < -0.4 is 5.32 Å². The van der Waals surface area contributed by atoms with Crippen LogP contribution in [0.15, 0.2) is 0 Å². The second kappa shape index (κ2) is 8.89. The number of hydrogen-bond acceptors (Lipinski definition) is 3. The highest BCUT2D eigenvalue weighted by Gasteiger charge is 2.27. The van der Waals surface area contributed by atoms with Crippen LogP contribution in [0.5, 0.6) is 0 Å². The summed E-state index contributed by atoms with van der Waals surface area (Å²) in [5.74, 6) is 0. The first kappa shape index (κ1) is 15.9. The molecule has 3 heteroatoms. The summed E-state index contributed by atoms with van der Waals surface area (Å²) in [7, 11) is 1.75. The molecule has 0 aromatic heterocycles. The van der Waals surface area contributed by atoms with Crippen molar-refractivity contribution in [2.75, 3.05) is 46.4 Å². The molecule has 0 spiro atoms. The predicted octanol–water partition coefficient (Wildman–Crippen LogP) is 2.51. The highest BCUT2D eigenvalue weighted by atomic mass is 16.5. The number of nitrogens with one attached hydrogen (secondary N) is 1. The number of piperidine rings is 1. The molecule has 0 atom stereocenters. The first-order valence-corrected chi connectivity index (χ1v) is 7.62. The summed E-state index contributed by atoms with van der Waals surface area (Å²) in [6, 6.07) is 0. The first-order chi connectivity index (χ1) is 8.70. The van der Waals surface area contributed by atoms with E-state index in [9.17, 15) is 0 Å². The van der Waals surface area contributed by atoms with Gasteiger partial charge in [0.2, 0.25) is 0 Å². The number of hydrogen-bond donors (Lipinski definition) is 1. The smallest absolute Gasteiger partial charge is 0.0587 e. The molecule has 108 valence electrons. The van der Waals surface area contributed by atoms with Crippen LogP contribution in [0.2, 0.25) is 0 Å². The van der Waals surface area contributed by atoms with Crippen molar-refractivity contribution in [2.45, 2.75) is 46.0 Å². The summed E-state index contributed by atoms with van der Waals surface area (Å²) in [4.78, 5) is 2.65. The predicted molar refractivity (Wildman–Crippen MR) is 78.1 cm³/mol. The third-order valence-corrected chi connectivity index (χ3v) is 4.48. The molecule has 0 unspecified atom stereocenters. The molecule has 0 radical (unpaired) electrons. The van der Waals surface area contributed by atoms with Crippen molar-refractivity contribution < 1.29 is 4.74 Å². The van der Waals surface area contributed by atoms with Crippen molar-refractivity contribution in [2.24, 2.45) is 5.41 Å². The van der Waals surface area contributed by atoms with Gasteiger partial charge < -0.3 is 15.0 Å². The summed E-state index contributed by atoms with van der Waals surface area (Å²) in [6.45, 7) is 11.6. The Hall–Kier alpha value is -0.120. The lowest BCUT2D eigenvalue weighted by atomic mass is 9.78. The van der Waals surface area contributed by atoms with Crippen molar-refractivity contribution >= 4 is 0 Å². The van der Waals surface area contributed by atoms with E-state index in [2.05, 4.69) is 24.1 Å². The second-order valence-corrected chi connectivity index (χ2v) is 5.96. The first-order valence-electron chi connectivity index (χ1n) is 7.62. The summed E-state index contributed by atoms with van der Waals surface area (Å²) >= 11 is 0. The maximum atomic E-state index is 5.00. The molecular weight excluding hydrogens is 224 g/mol. The lowest BCUT2D eigenvalue weighted by Gasteiger charge is -2.39. The molecule has 0 aromatic carbocycles. The second-order valence-electron chi connectivity index (χ2n) is 5.96. The third-order valence-electron chi connectivity index (χ3n) is 4.48. The van der Waals surface area contributed by atoms with Gasteiger partial charge in [0, 0.05) is 13.7 Å². The highest BCUT2D eigenvalue weighted by Crippen LogP contribution is 2.33. The van der Waals surface area contributed by atoms with Gasteiger partial charge in [-0.1, -0.05) is 20.3 Å². The van der Waals surface area contributed by atoms with Crippen LogP contribution in [-0.4, -0.2) is 51.3 Å². The van der Waals surface area contributed by atoms with E-state index in [4.69, 9.17) is 4.74 Å². The highest BCUT2D eigenvalue weighted by molar-refractivity contribution is 4.81. The van der Waals surface area contributed by atoms with Crippen molar-refractivity contribution in [1.29, 1.82) is 0 Å². The molecule has 3 nitrogen and oxygen atoms in total. The zero-order valence-corrected chi connectivity index (χ0v) is 12.6. The molecule has 0 bridgehead atoms. The van der Waals surface area contributed by atoms with Gasteiger partial charge >= 0.3 is 0 Å². The minimum Gasteiger partial charge on any atom is -0.383 e. The molecule has 0 amide bonds. The third kappa shape index (κ3) is 6.17. The molecule has 18 heavy (non-hydrogen) atoms. The van der Waals surface area contributed by atoms with E-state index in [0.717, 1.165) is 19.7 Å². The van der Waals surface area contributed by atoms with Gasteiger partial charge in [0.1, 0.15) is 0 Å². The van der Waals surface area contributed by atoms with Gasteiger partial charge in [0.05, 0.1) is 6.61 Å². The molecule has 0 aromatic rings. The SMILES string of the molecule is CCC1(C)CCN(CCCCNCCOC)CC1. The lowest BCUT2D eigenvalue weighted by molar-refractivity contribution is 0.113. The fraction of sp³-hybridized carbons (Fsp3) is 1.00. The zero-order chi connectivity index (χ0) is 13.3. The number of unbranched alkanes of at least 4 members (excludes halogenated alkanes) is 1. The Morgan fingerprint density at radius 3 is 2.50 bits per heavy atom. The molecule has 1 N–H and O–H groups in total. The van der Waals surface area contributed by atoms with Crippen LogP contribution >= 0.6 is 0 Å². The molecule has 1 fully saturated rings. The van der Waals surface area contributed by atoms with E-state index in [-0.39, 0.29) is 0 Å². The summed E-state index contributed by atoms with van der Waals surface area (Å²) in [5.41, 5.74) is 0.623. The Labute approximate surface area is 113 Å². The zero-order valence-electron chi connectivity index (χ0n) is 12.6. The van der Waals surface area contributed by atoms with Crippen LogP contribution in [0.3, 0.4) is 0 Å². The van der Waals surface area contributed by atoms with E-state index < -0.39 is 0 Å². The Balaban J connectivity index is 1.95. The van der Waals surface area contributed by atoms with E-state index >= 15 is 0 Å². The minimum absolute atomic E-state index is 0.623. The van der Waals surface area contributed by atoms with Crippen LogP contribution in [0.4, 0.5) is 0 Å². The van der Waals surface area contributed by atoms with E-state index in [1.165, 1.54) is 51.7 Å². The van der Waals surface area contributed by atoms with Gasteiger partial charge in [-0.2, -0.15) is 0 Å². The van der Waals surface area contributed by atoms with Crippen molar-refractivity contribution in [1.82, 2.24) is 10.2 Å². The summed E-state index contributed by atoms with van der Waals surface area (Å²) in [6.07, 6.45) is 6.71. The molecule has 1 rings (SSSR count). The fourth-order valence-electron chi connectivity index (χ4n) is 2.55. The summed E-state index contributed by atoms with van der Waals surface area (Å²) < 4.78 is 5.00. The van der Waals surface area contributed by atoms with Crippen LogP contribution in [0, 0.1) is 5.41 Å². The van der Waals surface area contributed by atoms with Crippen molar-refractivity contribution in [3.63, 3.8) is 0 Å². The maximum absolute atomic E-state index is 5.00. The van der Waals surface area contributed by atoms with E-state index in [0.29, 0.717) is 5.41 Å². The topological polar surface area (TPSA) is 24.5 Å².